The van der Waals surface area contributed by atoms with E-state index in [1.54, 1.807) is 6.92 Å². The van der Waals surface area contributed by atoms with Gasteiger partial charge in [0, 0.05) is 6.54 Å². The molecule has 0 spiro atoms. The Balaban J connectivity index is 2.07. The normalized spacial score (nSPS) is 22.4. The summed E-state index contributed by atoms with van der Waals surface area (Å²) in [5.74, 6) is -6.71. The fourth-order valence-corrected chi connectivity index (χ4v) is 3.32. The Morgan fingerprint density at radius 3 is 2.60 bits per heavy atom. The van der Waals surface area contributed by atoms with Gasteiger partial charge >= 0.3 is 6.09 Å². The topological polar surface area (TPSA) is 42.4 Å². The molecule has 0 aromatic carbocycles. The molecule has 0 radical (unpaired) electrons. The summed E-state index contributed by atoms with van der Waals surface area (Å²) in [6.07, 6.45) is 5.52. The molecular weight excluding hydrogens is 340 g/mol. The summed E-state index contributed by atoms with van der Waals surface area (Å²) >= 11 is 0. The third-order valence-electron chi connectivity index (χ3n) is 4.50. The molecule has 2 aliphatic rings. The van der Waals surface area contributed by atoms with Gasteiger partial charge in [-0.1, -0.05) is 18.2 Å². The molecule has 2 atom stereocenters. The highest BCUT2D eigenvalue weighted by atomic mass is 19.2. The van der Waals surface area contributed by atoms with Gasteiger partial charge in [0.25, 0.3) is 11.9 Å². The van der Waals surface area contributed by atoms with Crippen LogP contribution in [-0.2, 0) is 4.74 Å². The Hall–Kier alpha value is -2.38. The molecule has 1 aliphatic carbocycles. The molecule has 134 valence electrons. The molecule has 1 fully saturated rings. The first kappa shape index (κ1) is 17.4. The SMILES string of the molecule is CCOC(=O)N1CC2=CC=CCC2CC1c1c(F)c(F)nc(F)c1F. The highest BCUT2D eigenvalue weighted by Gasteiger charge is 2.40. The minimum absolute atomic E-state index is 0.0640. The van der Waals surface area contributed by atoms with Gasteiger partial charge in [0.05, 0.1) is 18.2 Å². The van der Waals surface area contributed by atoms with Crippen LogP contribution in [0.1, 0.15) is 31.4 Å². The van der Waals surface area contributed by atoms with E-state index in [-0.39, 0.29) is 25.5 Å². The van der Waals surface area contributed by atoms with E-state index in [9.17, 15) is 22.4 Å². The van der Waals surface area contributed by atoms with E-state index in [4.69, 9.17) is 4.74 Å². The Kier molecular flexibility index (Phi) is 4.78. The van der Waals surface area contributed by atoms with Crippen LogP contribution in [0.2, 0.25) is 0 Å². The Morgan fingerprint density at radius 1 is 1.28 bits per heavy atom. The second-order valence-corrected chi connectivity index (χ2v) is 5.92. The number of hydrogen-bond donors (Lipinski definition) is 0. The van der Waals surface area contributed by atoms with Crippen molar-refractivity contribution in [2.45, 2.75) is 25.8 Å². The van der Waals surface area contributed by atoms with Crippen LogP contribution in [0.5, 0.6) is 0 Å². The molecule has 1 saturated heterocycles. The monoisotopic (exact) mass is 356 g/mol. The average molecular weight is 356 g/mol. The van der Waals surface area contributed by atoms with Crippen LogP contribution in [0.25, 0.3) is 0 Å². The number of likely N-dealkylation sites (tertiary alicyclic amines) is 1. The maximum Gasteiger partial charge on any atom is 0.410 e. The lowest BCUT2D eigenvalue weighted by atomic mass is 9.80. The Bertz CT molecular complexity index is 737. The van der Waals surface area contributed by atoms with Gasteiger partial charge in [-0.25, -0.2) is 13.6 Å². The summed E-state index contributed by atoms with van der Waals surface area (Å²) in [5.41, 5.74) is 0.0780. The van der Waals surface area contributed by atoms with Crippen LogP contribution in [0.3, 0.4) is 0 Å². The van der Waals surface area contributed by atoms with Crippen LogP contribution in [0.4, 0.5) is 22.4 Å². The molecular formula is C17H16F4N2O2. The Labute approximate surface area is 141 Å². The molecule has 1 aliphatic heterocycles. The summed E-state index contributed by atoms with van der Waals surface area (Å²) in [6.45, 7) is 1.73. The predicted octanol–water partition coefficient (Wildman–Crippen LogP) is 4.04. The van der Waals surface area contributed by atoms with Crippen molar-refractivity contribution in [3.63, 3.8) is 0 Å². The number of piperidine rings is 1. The number of hydrogen-bond acceptors (Lipinski definition) is 3. The molecule has 1 amide bonds. The van der Waals surface area contributed by atoms with E-state index in [1.165, 1.54) is 0 Å². The molecule has 25 heavy (non-hydrogen) atoms. The summed E-state index contributed by atoms with van der Waals surface area (Å²) < 4.78 is 60.5. The van der Waals surface area contributed by atoms with Gasteiger partial charge in [-0.3, -0.25) is 4.90 Å². The molecule has 8 heteroatoms. The molecule has 1 aromatic rings. The second kappa shape index (κ2) is 6.85. The van der Waals surface area contributed by atoms with Crippen molar-refractivity contribution in [3.8, 4) is 0 Å². The second-order valence-electron chi connectivity index (χ2n) is 5.92. The van der Waals surface area contributed by atoms with Crippen molar-refractivity contribution < 1.29 is 27.1 Å². The van der Waals surface area contributed by atoms with Gasteiger partial charge in [-0.2, -0.15) is 13.8 Å². The maximum atomic E-state index is 14.2. The third-order valence-corrected chi connectivity index (χ3v) is 4.50. The van der Waals surface area contributed by atoms with Crippen molar-refractivity contribution in [2.24, 2.45) is 5.92 Å². The van der Waals surface area contributed by atoms with E-state index in [2.05, 4.69) is 4.98 Å². The largest absolute Gasteiger partial charge is 0.450 e. The standard InChI is InChI=1S/C17H16F4N2O2/c1-2-25-17(24)23-8-10-6-4-3-5-9(10)7-11(23)12-13(18)15(20)22-16(21)14(12)19/h3-4,6,9,11H,2,5,7-8H2,1H3. The van der Waals surface area contributed by atoms with E-state index < -0.39 is 41.2 Å². The summed E-state index contributed by atoms with van der Waals surface area (Å²) in [6, 6.07) is -1.18. The quantitative estimate of drug-likeness (QED) is 0.593. The third kappa shape index (κ3) is 3.12. The average Bonchev–Trinajstić information content (AvgIpc) is 2.60. The van der Waals surface area contributed by atoms with E-state index in [0.29, 0.717) is 6.42 Å². The van der Waals surface area contributed by atoms with Crippen molar-refractivity contribution >= 4 is 6.09 Å². The van der Waals surface area contributed by atoms with Gasteiger partial charge in [0.15, 0.2) is 11.6 Å². The first-order valence-electron chi connectivity index (χ1n) is 7.92. The van der Waals surface area contributed by atoms with Gasteiger partial charge in [0.2, 0.25) is 0 Å². The number of rotatable bonds is 2. The van der Waals surface area contributed by atoms with E-state index in [1.807, 2.05) is 18.2 Å². The Morgan fingerprint density at radius 2 is 1.96 bits per heavy atom. The van der Waals surface area contributed by atoms with Gasteiger partial charge in [-0.05, 0) is 31.3 Å². The fraction of sp³-hybridized carbons (Fsp3) is 0.412. The highest BCUT2D eigenvalue weighted by Crippen LogP contribution is 2.42. The predicted molar refractivity (Wildman–Crippen MR) is 80.5 cm³/mol. The van der Waals surface area contributed by atoms with Crippen LogP contribution in [-0.4, -0.2) is 29.1 Å². The molecule has 0 saturated carbocycles. The summed E-state index contributed by atoms with van der Waals surface area (Å²) in [7, 11) is 0. The van der Waals surface area contributed by atoms with Crippen molar-refractivity contribution in [2.75, 3.05) is 13.2 Å². The molecule has 1 aromatic heterocycles. The number of ether oxygens (including phenoxy) is 1. The number of nitrogens with zero attached hydrogens (tertiary/aromatic N) is 2. The number of pyridine rings is 1. The molecule has 0 bridgehead atoms. The summed E-state index contributed by atoms with van der Waals surface area (Å²) in [4.78, 5) is 15.9. The lowest BCUT2D eigenvalue weighted by Gasteiger charge is -2.41. The molecule has 4 nitrogen and oxygen atoms in total. The lowest BCUT2D eigenvalue weighted by Crippen LogP contribution is -2.43. The van der Waals surface area contributed by atoms with Crippen LogP contribution in [0.15, 0.2) is 23.8 Å². The van der Waals surface area contributed by atoms with Crippen molar-refractivity contribution in [3.05, 3.63) is 52.9 Å². The molecule has 3 rings (SSSR count). The maximum absolute atomic E-state index is 14.2. The summed E-state index contributed by atoms with van der Waals surface area (Å²) in [5, 5.41) is 0. The van der Waals surface area contributed by atoms with Crippen LogP contribution < -0.4 is 0 Å². The number of amides is 1. The van der Waals surface area contributed by atoms with E-state index >= 15 is 0 Å². The van der Waals surface area contributed by atoms with Gasteiger partial charge < -0.3 is 4.74 Å². The molecule has 0 N–H and O–H groups in total. The van der Waals surface area contributed by atoms with Crippen LogP contribution in [0, 0.1) is 29.4 Å². The minimum Gasteiger partial charge on any atom is -0.450 e. The number of fused-ring (bicyclic) bond motifs is 1. The van der Waals surface area contributed by atoms with Crippen molar-refractivity contribution in [1.29, 1.82) is 0 Å². The number of carbonyl (C=O) groups excluding carboxylic acids is 1. The fourth-order valence-electron chi connectivity index (χ4n) is 3.32. The first-order chi connectivity index (χ1) is 11.9. The van der Waals surface area contributed by atoms with E-state index in [0.717, 1.165) is 10.5 Å². The lowest BCUT2D eigenvalue weighted by molar-refractivity contribution is 0.0760. The van der Waals surface area contributed by atoms with Crippen molar-refractivity contribution in [1.82, 2.24) is 9.88 Å². The number of carbonyl (C=O) groups is 1. The van der Waals surface area contributed by atoms with Crippen LogP contribution >= 0.6 is 0 Å². The van der Waals surface area contributed by atoms with Gasteiger partial charge in [-0.15, -0.1) is 0 Å². The zero-order valence-corrected chi connectivity index (χ0v) is 13.4. The number of allylic oxidation sites excluding steroid dienone is 3. The highest BCUT2D eigenvalue weighted by molar-refractivity contribution is 5.69. The zero-order valence-electron chi connectivity index (χ0n) is 13.4. The molecule has 2 unspecified atom stereocenters. The first-order valence-corrected chi connectivity index (χ1v) is 7.92. The van der Waals surface area contributed by atoms with Gasteiger partial charge in [0.1, 0.15) is 0 Å². The number of aromatic nitrogens is 1. The smallest absolute Gasteiger partial charge is 0.410 e. The zero-order chi connectivity index (χ0) is 18.1. The minimum atomic E-state index is -1.73. The molecule has 2 heterocycles. The number of halogens is 4.